The van der Waals surface area contributed by atoms with Crippen LogP contribution in [-0.2, 0) is 0 Å². The molecule has 0 amide bonds. The Hall–Kier alpha value is -3.73. The smallest absolute Gasteiger partial charge is 0.200 e. The van der Waals surface area contributed by atoms with E-state index >= 15 is 4.39 Å². The van der Waals surface area contributed by atoms with Crippen LogP contribution in [-0.4, -0.2) is 33.3 Å². The lowest BCUT2D eigenvalue weighted by Crippen LogP contribution is -2.26. The van der Waals surface area contributed by atoms with E-state index in [-0.39, 0.29) is 35.4 Å². The maximum absolute atomic E-state index is 15.5. The van der Waals surface area contributed by atoms with E-state index in [9.17, 15) is 13.6 Å². The fourth-order valence-electron chi connectivity index (χ4n) is 3.95. The maximum Gasteiger partial charge on any atom is 0.200 e. The van der Waals surface area contributed by atoms with Gasteiger partial charge < -0.3 is 21.1 Å². The van der Waals surface area contributed by atoms with Gasteiger partial charge in [0.1, 0.15) is 17.3 Å². The highest BCUT2D eigenvalue weighted by atomic mass is 32.2. The zero-order valence-corrected chi connectivity index (χ0v) is 21.1. The molecular formula is C26H27F3N6OS. The van der Waals surface area contributed by atoms with Gasteiger partial charge in [0, 0.05) is 28.8 Å². The van der Waals surface area contributed by atoms with Gasteiger partial charge in [0.25, 0.3) is 0 Å². The molecule has 0 saturated heterocycles. The molecule has 194 valence electrons. The molecule has 37 heavy (non-hydrogen) atoms. The number of carbonyl (C=O) groups excluding carboxylic acids is 1. The number of anilines is 2. The number of nitrogen functional groups attached to an aromatic ring is 1. The molecule has 5 N–H and O–H groups in total. The van der Waals surface area contributed by atoms with E-state index in [1.807, 2.05) is 6.08 Å². The van der Waals surface area contributed by atoms with Gasteiger partial charge in [-0.05, 0) is 62.4 Å². The predicted molar refractivity (Wildman–Crippen MR) is 141 cm³/mol. The number of carbonyl (C=O) groups is 1. The molecule has 1 unspecified atom stereocenters. The molecule has 0 saturated carbocycles. The molecule has 7 nitrogen and oxygen atoms in total. The Balaban J connectivity index is 1.61. The molecule has 1 aliphatic heterocycles. The van der Waals surface area contributed by atoms with Gasteiger partial charge >= 0.3 is 0 Å². The van der Waals surface area contributed by atoms with E-state index < -0.39 is 28.6 Å². The SMILES string of the molecule is CC1=C\C(c2cnc(N)cn2)=C/NCN/C=C\1C(=O)c1c(F)ccc(NSC2C=CC[C@@](C)(F)C2)c1F. The summed E-state index contributed by atoms with van der Waals surface area (Å²) in [4.78, 5) is 21.7. The highest BCUT2D eigenvalue weighted by molar-refractivity contribution is 8.01. The van der Waals surface area contributed by atoms with E-state index in [4.69, 9.17) is 5.73 Å². The summed E-state index contributed by atoms with van der Waals surface area (Å²) in [6.45, 7) is 3.42. The number of nitrogens with zero attached hydrogens (tertiary/aromatic N) is 2. The third-order valence-electron chi connectivity index (χ3n) is 5.88. The number of aromatic nitrogens is 2. The number of Topliss-reactive ketones (excluding diaryl/α,β-unsaturated/α-hetero) is 1. The Labute approximate surface area is 217 Å². The zero-order chi connectivity index (χ0) is 26.6. The molecule has 2 aliphatic rings. The van der Waals surface area contributed by atoms with Crippen molar-refractivity contribution in [2.75, 3.05) is 17.1 Å². The van der Waals surface area contributed by atoms with Crippen molar-refractivity contribution in [2.45, 2.75) is 37.6 Å². The number of allylic oxidation sites excluding steroid dienone is 5. The van der Waals surface area contributed by atoms with Gasteiger partial charge in [-0.25, -0.2) is 18.2 Å². The molecule has 2 atom stereocenters. The summed E-state index contributed by atoms with van der Waals surface area (Å²) in [5, 5.41) is 5.71. The summed E-state index contributed by atoms with van der Waals surface area (Å²) in [5.41, 5.74) is 5.14. The van der Waals surface area contributed by atoms with Gasteiger partial charge in [0.05, 0.1) is 36.0 Å². The van der Waals surface area contributed by atoms with Crippen LogP contribution in [0.25, 0.3) is 5.57 Å². The highest BCUT2D eigenvalue weighted by Crippen LogP contribution is 2.35. The molecule has 0 fully saturated rings. The van der Waals surface area contributed by atoms with Gasteiger partial charge in [-0.15, -0.1) is 0 Å². The lowest BCUT2D eigenvalue weighted by atomic mass is 9.93. The van der Waals surface area contributed by atoms with Crippen LogP contribution in [0.5, 0.6) is 0 Å². The first kappa shape index (κ1) is 26.3. The van der Waals surface area contributed by atoms with E-state index in [1.165, 1.54) is 31.6 Å². The normalized spacial score (nSPS) is 26.0. The van der Waals surface area contributed by atoms with Gasteiger partial charge in [0.2, 0.25) is 5.78 Å². The van der Waals surface area contributed by atoms with Crippen LogP contribution in [0.15, 0.2) is 66.3 Å². The third kappa shape index (κ3) is 6.34. The monoisotopic (exact) mass is 528 g/mol. The Morgan fingerprint density at radius 1 is 1.22 bits per heavy atom. The molecule has 1 aromatic carbocycles. The van der Waals surface area contributed by atoms with Crippen molar-refractivity contribution in [3.05, 3.63) is 89.2 Å². The Bertz CT molecular complexity index is 1300. The van der Waals surface area contributed by atoms with Crippen molar-refractivity contribution in [2.24, 2.45) is 0 Å². The van der Waals surface area contributed by atoms with Gasteiger partial charge in [-0.1, -0.05) is 12.2 Å². The molecule has 0 spiro atoms. The molecule has 4 rings (SSSR count). The Kier molecular flexibility index (Phi) is 7.91. The van der Waals surface area contributed by atoms with Crippen LogP contribution in [0.3, 0.4) is 0 Å². The summed E-state index contributed by atoms with van der Waals surface area (Å²) in [6, 6.07) is 2.26. The summed E-state index contributed by atoms with van der Waals surface area (Å²) in [7, 11) is 0. The molecule has 2 aromatic rings. The van der Waals surface area contributed by atoms with Crippen molar-refractivity contribution < 1.29 is 18.0 Å². The number of benzene rings is 1. The fraction of sp³-hybridized carbons (Fsp3) is 0.269. The molecule has 0 bridgehead atoms. The van der Waals surface area contributed by atoms with Crippen molar-refractivity contribution in [1.29, 1.82) is 0 Å². The first-order valence-corrected chi connectivity index (χ1v) is 12.5. The lowest BCUT2D eigenvalue weighted by molar-refractivity contribution is 0.102. The number of halogens is 3. The largest absolute Gasteiger partial charge is 0.382 e. The van der Waals surface area contributed by atoms with Crippen molar-refractivity contribution in [3.8, 4) is 0 Å². The van der Waals surface area contributed by atoms with Crippen molar-refractivity contribution >= 4 is 34.8 Å². The van der Waals surface area contributed by atoms with Crippen LogP contribution in [0, 0.1) is 11.6 Å². The summed E-state index contributed by atoms with van der Waals surface area (Å²) >= 11 is 1.11. The van der Waals surface area contributed by atoms with E-state index in [1.54, 1.807) is 25.3 Å². The number of ketones is 1. The summed E-state index contributed by atoms with van der Waals surface area (Å²) in [6.07, 6.45) is 11.8. The first-order chi connectivity index (χ1) is 17.6. The second-order valence-corrected chi connectivity index (χ2v) is 10.1. The van der Waals surface area contributed by atoms with Gasteiger partial charge in [-0.3, -0.25) is 9.78 Å². The van der Waals surface area contributed by atoms with Crippen LogP contribution in [0.2, 0.25) is 0 Å². The molecule has 2 heterocycles. The molecule has 11 heteroatoms. The molecule has 1 aliphatic carbocycles. The quantitative estimate of drug-likeness (QED) is 0.235. The fourth-order valence-corrected chi connectivity index (χ4v) is 5.01. The summed E-state index contributed by atoms with van der Waals surface area (Å²) < 4.78 is 47.5. The second kappa shape index (κ2) is 11.1. The topological polar surface area (TPSA) is 105 Å². The van der Waals surface area contributed by atoms with E-state index in [0.717, 1.165) is 18.0 Å². The number of alkyl halides is 1. The van der Waals surface area contributed by atoms with Crippen LogP contribution < -0.4 is 21.1 Å². The molecular weight excluding hydrogens is 501 g/mol. The van der Waals surface area contributed by atoms with Gasteiger partial charge in [-0.2, -0.15) is 0 Å². The van der Waals surface area contributed by atoms with E-state index in [2.05, 4.69) is 25.3 Å². The second-order valence-electron chi connectivity index (χ2n) is 9.02. The van der Waals surface area contributed by atoms with Crippen LogP contribution in [0.1, 0.15) is 42.7 Å². The van der Waals surface area contributed by atoms with Crippen LogP contribution in [0.4, 0.5) is 24.7 Å². The van der Waals surface area contributed by atoms with Crippen molar-refractivity contribution in [1.82, 2.24) is 20.6 Å². The average molecular weight is 529 g/mol. The first-order valence-electron chi connectivity index (χ1n) is 11.6. The maximum atomic E-state index is 15.5. The van der Waals surface area contributed by atoms with Crippen molar-refractivity contribution in [3.63, 3.8) is 0 Å². The summed E-state index contributed by atoms with van der Waals surface area (Å²) in [5.74, 6) is -2.58. The number of nitrogens with one attached hydrogen (secondary N) is 3. The number of hydrogen-bond acceptors (Lipinski definition) is 8. The zero-order valence-electron chi connectivity index (χ0n) is 20.3. The average Bonchev–Trinajstić information content (AvgIpc) is 2.93. The standard InChI is InChI=1S/C26H27F3N6OS/c1-15-8-16(21-12-34-22(30)13-33-21)10-31-14-32-11-18(15)25(36)23-19(27)5-6-20(24(23)28)35-37-17-4-3-7-26(2,29)9-17/h3-6,8,10-13,17,31-32,35H,7,9,14H2,1-2H3,(H2,30,34)/b15-8+,16-10+,18-11+/t17?,26-/m1/s1. The van der Waals surface area contributed by atoms with Gasteiger partial charge in [0.15, 0.2) is 5.82 Å². The Morgan fingerprint density at radius 2 is 2.00 bits per heavy atom. The third-order valence-corrected chi connectivity index (χ3v) is 6.84. The number of rotatable bonds is 6. The van der Waals surface area contributed by atoms with E-state index in [0.29, 0.717) is 23.3 Å². The number of hydrogen-bond donors (Lipinski definition) is 4. The highest BCUT2D eigenvalue weighted by Gasteiger charge is 2.30. The lowest BCUT2D eigenvalue weighted by Gasteiger charge is -2.27. The molecule has 1 aromatic heterocycles. The Morgan fingerprint density at radius 3 is 2.73 bits per heavy atom. The van der Waals surface area contributed by atoms with Crippen LogP contribution >= 0.6 is 11.9 Å². The number of nitrogens with two attached hydrogens (primary N) is 1. The molecule has 0 radical (unpaired) electrons. The minimum atomic E-state index is -1.35. The minimum absolute atomic E-state index is 0.0630. The minimum Gasteiger partial charge on any atom is -0.382 e. The predicted octanol–water partition coefficient (Wildman–Crippen LogP) is 5.05.